The number of amides is 1. The summed E-state index contributed by atoms with van der Waals surface area (Å²) in [6.07, 6.45) is 2.63. The van der Waals surface area contributed by atoms with E-state index in [-0.39, 0.29) is 5.91 Å². The average molecular weight is 287 g/mol. The van der Waals surface area contributed by atoms with Crippen LogP contribution in [0.1, 0.15) is 12.5 Å². The number of nitrogens with zero attached hydrogens (tertiary/aromatic N) is 1. The number of aromatic nitrogens is 1. The van der Waals surface area contributed by atoms with Crippen molar-refractivity contribution in [2.24, 2.45) is 0 Å². The molecule has 0 atom stereocenters. The molecule has 0 unspecified atom stereocenters. The summed E-state index contributed by atoms with van der Waals surface area (Å²) in [5, 5.41) is 2.89. The number of hydrogen-bond acceptors (Lipinski definition) is 4. The van der Waals surface area contributed by atoms with Crippen LogP contribution in [0, 0.1) is 0 Å². The van der Waals surface area contributed by atoms with Gasteiger partial charge in [-0.05, 0) is 36.2 Å². The van der Waals surface area contributed by atoms with E-state index in [1.54, 1.807) is 12.3 Å². The number of carbonyl (C=O) groups excluding carboxylic acids is 1. The number of carbonyl (C=O) groups is 1. The molecule has 20 heavy (non-hydrogen) atoms. The summed E-state index contributed by atoms with van der Waals surface area (Å²) in [6, 6.07) is 11.5. The number of aryl methyl sites for hydroxylation is 1. The average Bonchev–Trinajstić information content (AvgIpc) is 2.47. The molecule has 104 valence electrons. The van der Waals surface area contributed by atoms with Crippen molar-refractivity contribution in [1.29, 1.82) is 0 Å². The van der Waals surface area contributed by atoms with Gasteiger partial charge in [0, 0.05) is 16.8 Å². The number of nitrogens with one attached hydrogen (secondary N) is 1. The Morgan fingerprint density at radius 3 is 2.90 bits per heavy atom. The molecule has 0 aliphatic heterocycles. The Morgan fingerprint density at radius 2 is 2.20 bits per heavy atom. The van der Waals surface area contributed by atoms with Gasteiger partial charge in [-0.1, -0.05) is 19.1 Å². The summed E-state index contributed by atoms with van der Waals surface area (Å²) in [5.74, 6) is 0.803. The molecule has 1 aromatic heterocycles. The van der Waals surface area contributed by atoms with E-state index in [0.717, 1.165) is 17.0 Å². The topological polar surface area (TPSA) is 68.0 Å². The number of benzene rings is 1. The molecule has 1 aromatic carbocycles. The summed E-state index contributed by atoms with van der Waals surface area (Å²) in [4.78, 5) is 16.8. The van der Waals surface area contributed by atoms with Crippen LogP contribution < -0.4 is 11.1 Å². The molecule has 0 fully saturated rings. The lowest BCUT2D eigenvalue weighted by Gasteiger charge is -2.06. The van der Waals surface area contributed by atoms with E-state index < -0.39 is 0 Å². The van der Waals surface area contributed by atoms with Crippen LogP contribution >= 0.6 is 11.8 Å². The van der Waals surface area contributed by atoms with Crippen molar-refractivity contribution in [2.75, 3.05) is 16.8 Å². The Kier molecular flexibility index (Phi) is 5.01. The van der Waals surface area contributed by atoms with E-state index in [9.17, 15) is 4.79 Å². The fraction of sp³-hybridized carbons (Fsp3) is 0.200. The second-order valence-electron chi connectivity index (χ2n) is 4.31. The highest BCUT2D eigenvalue weighted by atomic mass is 32.2. The maximum absolute atomic E-state index is 11.9. The molecule has 1 heterocycles. The number of nitrogens with two attached hydrogens (primary N) is 1. The molecule has 0 spiro atoms. The van der Waals surface area contributed by atoms with Gasteiger partial charge in [-0.15, -0.1) is 11.8 Å². The number of thioether (sulfide) groups is 1. The molecule has 2 rings (SSSR count). The molecular formula is C15H17N3OS. The van der Waals surface area contributed by atoms with Crippen molar-refractivity contribution in [3.05, 3.63) is 48.2 Å². The van der Waals surface area contributed by atoms with E-state index in [4.69, 9.17) is 5.73 Å². The van der Waals surface area contributed by atoms with Gasteiger partial charge in [0.15, 0.2) is 0 Å². The van der Waals surface area contributed by atoms with Crippen LogP contribution in [0.5, 0.6) is 0 Å². The van der Waals surface area contributed by atoms with Gasteiger partial charge in [0.25, 0.3) is 0 Å². The normalized spacial score (nSPS) is 10.2. The quantitative estimate of drug-likeness (QED) is 0.830. The van der Waals surface area contributed by atoms with Crippen LogP contribution in [0.3, 0.4) is 0 Å². The molecule has 0 radical (unpaired) electrons. The van der Waals surface area contributed by atoms with Crippen molar-refractivity contribution in [3.63, 3.8) is 0 Å². The predicted molar refractivity (Wildman–Crippen MR) is 83.8 cm³/mol. The monoisotopic (exact) mass is 287 g/mol. The summed E-state index contributed by atoms with van der Waals surface area (Å²) in [6.45, 7) is 2.09. The van der Waals surface area contributed by atoms with Crippen molar-refractivity contribution >= 4 is 29.2 Å². The summed E-state index contributed by atoms with van der Waals surface area (Å²) in [5.41, 5.74) is 7.56. The Labute approximate surface area is 122 Å². The number of pyridine rings is 1. The first kappa shape index (κ1) is 14.4. The molecule has 1 amide bonds. The number of hydrogen-bond donors (Lipinski definition) is 2. The minimum absolute atomic E-state index is 0.0277. The number of nitrogen functional groups attached to an aromatic ring is 1. The molecule has 5 heteroatoms. The van der Waals surface area contributed by atoms with Gasteiger partial charge in [-0.2, -0.15) is 0 Å². The van der Waals surface area contributed by atoms with Crippen LogP contribution in [0.25, 0.3) is 0 Å². The molecule has 3 N–H and O–H groups in total. The lowest BCUT2D eigenvalue weighted by atomic mass is 10.1. The van der Waals surface area contributed by atoms with Crippen LogP contribution in [-0.4, -0.2) is 16.6 Å². The van der Waals surface area contributed by atoms with E-state index >= 15 is 0 Å². The standard InChI is InChI=1S/C15H17N3OS/c1-2-11-4-3-5-12(8-11)18-15(19)10-20-13-6-7-14(16)17-9-13/h3-9H,2,10H2,1H3,(H2,16,17)(H,18,19). The molecule has 0 saturated heterocycles. The molecular weight excluding hydrogens is 270 g/mol. The summed E-state index contributed by atoms with van der Waals surface area (Å²) in [7, 11) is 0. The van der Waals surface area contributed by atoms with E-state index in [1.165, 1.54) is 17.3 Å². The zero-order chi connectivity index (χ0) is 14.4. The van der Waals surface area contributed by atoms with Gasteiger partial charge < -0.3 is 11.1 Å². The SMILES string of the molecule is CCc1cccc(NC(=O)CSc2ccc(N)nc2)c1. The van der Waals surface area contributed by atoms with E-state index in [0.29, 0.717) is 11.6 Å². The minimum Gasteiger partial charge on any atom is -0.384 e. The van der Waals surface area contributed by atoms with Gasteiger partial charge >= 0.3 is 0 Å². The van der Waals surface area contributed by atoms with Crippen molar-refractivity contribution < 1.29 is 4.79 Å². The largest absolute Gasteiger partial charge is 0.384 e. The minimum atomic E-state index is -0.0277. The van der Waals surface area contributed by atoms with E-state index in [1.807, 2.05) is 30.3 Å². The molecule has 4 nitrogen and oxygen atoms in total. The summed E-state index contributed by atoms with van der Waals surface area (Å²) >= 11 is 1.44. The third kappa shape index (κ3) is 4.28. The Morgan fingerprint density at radius 1 is 1.35 bits per heavy atom. The maximum atomic E-state index is 11.9. The fourth-order valence-corrected chi connectivity index (χ4v) is 2.35. The lowest BCUT2D eigenvalue weighted by Crippen LogP contribution is -2.14. The summed E-state index contributed by atoms with van der Waals surface area (Å²) < 4.78 is 0. The van der Waals surface area contributed by atoms with E-state index in [2.05, 4.69) is 17.2 Å². The Balaban J connectivity index is 1.87. The fourth-order valence-electron chi connectivity index (χ4n) is 1.69. The molecule has 0 aliphatic carbocycles. The van der Waals surface area contributed by atoms with Gasteiger partial charge in [0.05, 0.1) is 5.75 Å². The van der Waals surface area contributed by atoms with Crippen LogP contribution in [-0.2, 0) is 11.2 Å². The Hall–Kier alpha value is -2.01. The zero-order valence-electron chi connectivity index (χ0n) is 11.3. The molecule has 0 saturated carbocycles. The van der Waals surface area contributed by atoms with Crippen molar-refractivity contribution in [2.45, 2.75) is 18.2 Å². The second kappa shape index (κ2) is 6.96. The van der Waals surface area contributed by atoms with Gasteiger partial charge in [-0.3, -0.25) is 4.79 Å². The first-order valence-electron chi connectivity index (χ1n) is 6.40. The maximum Gasteiger partial charge on any atom is 0.234 e. The third-order valence-electron chi connectivity index (χ3n) is 2.75. The molecule has 0 aliphatic rings. The predicted octanol–water partition coefficient (Wildman–Crippen LogP) is 2.96. The Bertz CT molecular complexity index is 584. The third-order valence-corrected chi connectivity index (χ3v) is 3.73. The van der Waals surface area contributed by atoms with Gasteiger partial charge in [0.1, 0.15) is 5.82 Å². The smallest absolute Gasteiger partial charge is 0.234 e. The van der Waals surface area contributed by atoms with Crippen LogP contribution in [0.4, 0.5) is 11.5 Å². The highest BCUT2D eigenvalue weighted by Gasteiger charge is 2.04. The lowest BCUT2D eigenvalue weighted by molar-refractivity contribution is -0.113. The molecule has 2 aromatic rings. The molecule has 0 bridgehead atoms. The first-order valence-corrected chi connectivity index (χ1v) is 7.39. The second-order valence-corrected chi connectivity index (χ2v) is 5.36. The van der Waals surface area contributed by atoms with Gasteiger partial charge in [-0.25, -0.2) is 4.98 Å². The number of rotatable bonds is 5. The highest BCUT2D eigenvalue weighted by Crippen LogP contribution is 2.18. The van der Waals surface area contributed by atoms with Crippen molar-refractivity contribution in [1.82, 2.24) is 4.98 Å². The zero-order valence-corrected chi connectivity index (χ0v) is 12.1. The van der Waals surface area contributed by atoms with Gasteiger partial charge in [0.2, 0.25) is 5.91 Å². The van der Waals surface area contributed by atoms with Crippen LogP contribution in [0.2, 0.25) is 0 Å². The van der Waals surface area contributed by atoms with Crippen LogP contribution in [0.15, 0.2) is 47.5 Å². The highest BCUT2D eigenvalue weighted by molar-refractivity contribution is 8.00. The van der Waals surface area contributed by atoms with Crippen molar-refractivity contribution in [3.8, 4) is 0 Å². The first-order chi connectivity index (χ1) is 9.67. The number of anilines is 2.